The maximum Gasteiger partial charge on any atom is 0.0587 e. The molecule has 19 heavy (non-hydrogen) atoms. The van der Waals surface area contributed by atoms with Gasteiger partial charge >= 0.3 is 0 Å². The standard InChI is InChI=1S/C18H17N/c1-2-11-18(12-6-3-7-13-18)17-16-9-5-4-8-15(16)10-14-19-17/h2-10,12,14H,1,11,13H2. The molecule has 1 heteroatoms. The van der Waals surface area contributed by atoms with Crippen LogP contribution < -0.4 is 0 Å². The molecule has 1 aliphatic rings. The van der Waals surface area contributed by atoms with Gasteiger partial charge in [0.1, 0.15) is 0 Å². The number of fused-ring (bicyclic) bond motifs is 1. The zero-order chi connectivity index (χ0) is 13.1. The van der Waals surface area contributed by atoms with Crippen LogP contribution in [0.2, 0.25) is 0 Å². The molecule has 3 rings (SSSR count). The summed E-state index contributed by atoms with van der Waals surface area (Å²) in [5, 5.41) is 2.49. The lowest BCUT2D eigenvalue weighted by Gasteiger charge is -2.30. The first-order chi connectivity index (χ1) is 9.36. The highest BCUT2D eigenvalue weighted by atomic mass is 14.7. The van der Waals surface area contributed by atoms with Crippen molar-refractivity contribution in [1.82, 2.24) is 4.98 Å². The van der Waals surface area contributed by atoms with Gasteiger partial charge in [0, 0.05) is 17.0 Å². The van der Waals surface area contributed by atoms with Crippen LogP contribution in [0.1, 0.15) is 18.5 Å². The van der Waals surface area contributed by atoms with Crippen LogP contribution in [0, 0.1) is 0 Å². The largest absolute Gasteiger partial charge is 0.260 e. The Morgan fingerprint density at radius 3 is 2.89 bits per heavy atom. The van der Waals surface area contributed by atoms with Crippen LogP contribution in [0.3, 0.4) is 0 Å². The molecule has 1 aromatic carbocycles. The Balaban J connectivity index is 2.23. The van der Waals surface area contributed by atoms with E-state index in [4.69, 9.17) is 0 Å². The van der Waals surface area contributed by atoms with Gasteiger partial charge in [-0.15, -0.1) is 6.58 Å². The molecule has 0 N–H and O–H groups in total. The van der Waals surface area contributed by atoms with Gasteiger partial charge in [-0.3, -0.25) is 4.98 Å². The second-order valence-corrected chi connectivity index (χ2v) is 5.02. The van der Waals surface area contributed by atoms with Gasteiger partial charge in [-0.05, 0) is 24.3 Å². The number of pyridine rings is 1. The Kier molecular flexibility index (Phi) is 3.04. The molecule has 0 amide bonds. The number of allylic oxidation sites excluding steroid dienone is 5. The minimum atomic E-state index is -0.0443. The summed E-state index contributed by atoms with van der Waals surface area (Å²) >= 11 is 0. The molecule has 0 bridgehead atoms. The first-order valence-corrected chi connectivity index (χ1v) is 6.65. The minimum absolute atomic E-state index is 0.0443. The van der Waals surface area contributed by atoms with E-state index in [9.17, 15) is 0 Å². The predicted octanol–water partition coefficient (Wildman–Crippen LogP) is 4.56. The topological polar surface area (TPSA) is 12.9 Å². The van der Waals surface area contributed by atoms with E-state index in [-0.39, 0.29) is 5.41 Å². The van der Waals surface area contributed by atoms with Crippen molar-refractivity contribution in [1.29, 1.82) is 0 Å². The summed E-state index contributed by atoms with van der Waals surface area (Å²) in [6.45, 7) is 3.92. The van der Waals surface area contributed by atoms with E-state index in [1.165, 1.54) is 10.8 Å². The van der Waals surface area contributed by atoms with Crippen LogP contribution in [-0.4, -0.2) is 4.98 Å². The van der Waals surface area contributed by atoms with Crippen molar-refractivity contribution in [3.8, 4) is 0 Å². The fraction of sp³-hybridized carbons (Fsp3) is 0.167. The quantitative estimate of drug-likeness (QED) is 0.724. The number of benzene rings is 1. The van der Waals surface area contributed by atoms with E-state index in [1.807, 2.05) is 12.3 Å². The van der Waals surface area contributed by atoms with E-state index < -0.39 is 0 Å². The first kappa shape index (κ1) is 11.9. The summed E-state index contributed by atoms with van der Waals surface area (Å²) in [6, 6.07) is 10.5. The SMILES string of the molecule is C=CCC1(c2nccc3ccccc23)C=CC=CC1. The third-order valence-electron chi connectivity index (χ3n) is 3.80. The highest BCUT2D eigenvalue weighted by molar-refractivity contribution is 5.85. The zero-order valence-corrected chi connectivity index (χ0v) is 10.9. The molecule has 1 aromatic heterocycles. The molecule has 0 saturated heterocycles. The lowest BCUT2D eigenvalue weighted by atomic mass is 9.74. The van der Waals surface area contributed by atoms with Crippen molar-refractivity contribution in [2.75, 3.05) is 0 Å². The molecule has 0 spiro atoms. The Morgan fingerprint density at radius 2 is 2.11 bits per heavy atom. The summed E-state index contributed by atoms with van der Waals surface area (Å²) in [6.07, 6.45) is 14.5. The average Bonchev–Trinajstić information content (AvgIpc) is 2.48. The number of hydrogen-bond acceptors (Lipinski definition) is 1. The fourth-order valence-corrected chi connectivity index (χ4v) is 2.86. The van der Waals surface area contributed by atoms with E-state index in [0.29, 0.717) is 0 Å². The summed E-state index contributed by atoms with van der Waals surface area (Å²) in [5.74, 6) is 0. The third-order valence-corrected chi connectivity index (χ3v) is 3.80. The molecule has 1 nitrogen and oxygen atoms in total. The Morgan fingerprint density at radius 1 is 1.21 bits per heavy atom. The highest BCUT2D eigenvalue weighted by Crippen LogP contribution is 2.38. The monoisotopic (exact) mass is 247 g/mol. The Bertz CT molecular complexity index is 657. The van der Waals surface area contributed by atoms with Gasteiger partial charge in [-0.25, -0.2) is 0 Å². The maximum absolute atomic E-state index is 4.69. The predicted molar refractivity (Wildman–Crippen MR) is 81.1 cm³/mol. The number of rotatable bonds is 3. The molecule has 0 saturated carbocycles. The van der Waals surface area contributed by atoms with Crippen molar-refractivity contribution in [3.05, 3.63) is 79.2 Å². The van der Waals surface area contributed by atoms with Crippen LogP contribution in [-0.2, 0) is 5.41 Å². The molecule has 2 aromatic rings. The van der Waals surface area contributed by atoms with Crippen LogP contribution >= 0.6 is 0 Å². The van der Waals surface area contributed by atoms with Crippen molar-refractivity contribution in [2.45, 2.75) is 18.3 Å². The van der Waals surface area contributed by atoms with Crippen LogP contribution in [0.4, 0.5) is 0 Å². The number of aromatic nitrogens is 1. The summed E-state index contributed by atoms with van der Waals surface area (Å²) in [5.41, 5.74) is 1.11. The third kappa shape index (κ3) is 2.01. The van der Waals surface area contributed by atoms with Gasteiger partial charge in [-0.1, -0.05) is 54.6 Å². The van der Waals surface area contributed by atoms with E-state index in [0.717, 1.165) is 18.5 Å². The average molecular weight is 247 g/mol. The molecule has 0 radical (unpaired) electrons. The Labute approximate surface area is 114 Å². The fourth-order valence-electron chi connectivity index (χ4n) is 2.86. The van der Waals surface area contributed by atoms with Crippen LogP contribution in [0.25, 0.3) is 10.8 Å². The molecular formula is C18H17N. The van der Waals surface area contributed by atoms with E-state index >= 15 is 0 Å². The normalized spacial score (nSPS) is 21.7. The van der Waals surface area contributed by atoms with Gasteiger partial charge in [0.2, 0.25) is 0 Å². The lowest BCUT2D eigenvalue weighted by Crippen LogP contribution is -2.25. The Hall–Kier alpha value is -2.15. The summed E-state index contributed by atoms with van der Waals surface area (Å²) < 4.78 is 0. The minimum Gasteiger partial charge on any atom is -0.260 e. The van der Waals surface area contributed by atoms with E-state index in [1.54, 1.807) is 0 Å². The zero-order valence-electron chi connectivity index (χ0n) is 10.9. The van der Waals surface area contributed by atoms with Gasteiger partial charge in [-0.2, -0.15) is 0 Å². The summed E-state index contributed by atoms with van der Waals surface area (Å²) in [4.78, 5) is 4.69. The highest BCUT2D eigenvalue weighted by Gasteiger charge is 2.30. The second-order valence-electron chi connectivity index (χ2n) is 5.02. The lowest BCUT2D eigenvalue weighted by molar-refractivity contribution is 0.534. The number of hydrogen-bond donors (Lipinski definition) is 0. The van der Waals surface area contributed by atoms with Crippen molar-refractivity contribution in [3.63, 3.8) is 0 Å². The second kappa shape index (κ2) is 4.85. The molecule has 0 fully saturated rings. The van der Waals surface area contributed by atoms with Crippen molar-refractivity contribution in [2.24, 2.45) is 0 Å². The van der Waals surface area contributed by atoms with Gasteiger partial charge in [0.15, 0.2) is 0 Å². The molecule has 0 aliphatic heterocycles. The van der Waals surface area contributed by atoms with Crippen LogP contribution in [0.5, 0.6) is 0 Å². The molecule has 1 heterocycles. The van der Waals surface area contributed by atoms with Crippen molar-refractivity contribution < 1.29 is 0 Å². The smallest absolute Gasteiger partial charge is 0.0587 e. The maximum atomic E-state index is 4.69. The molecule has 1 aliphatic carbocycles. The van der Waals surface area contributed by atoms with Gasteiger partial charge < -0.3 is 0 Å². The molecule has 94 valence electrons. The van der Waals surface area contributed by atoms with E-state index in [2.05, 4.69) is 66.2 Å². The van der Waals surface area contributed by atoms with Crippen molar-refractivity contribution >= 4 is 10.8 Å². The summed E-state index contributed by atoms with van der Waals surface area (Å²) in [7, 11) is 0. The first-order valence-electron chi connectivity index (χ1n) is 6.65. The number of nitrogens with zero attached hydrogens (tertiary/aromatic N) is 1. The molecule has 1 unspecified atom stereocenters. The van der Waals surface area contributed by atoms with Gasteiger partial charge in [0.25, 0.3) is 0 Å². The molecule has 1 atom stereocenters. The van der Waals surface area contributed by atoms with Crippen LogP contribution in [0.15, 0.2) is 73.5 Å². The van der Waals surface area contributed by atoms with Gasteiger partial charge in [0.05, 0.1) is 5.69 Å². The molecular weight excluding hydrogens is 230 g/mol.